The molecule has 0 unspecified atom stereocenters. The van der Waals surface area contributed by atoms with Crippen molar-refractivity contribution in [1.29, 1.82) is 0 Å². The molecule has 0 bridgehead atoms. The van der Waals surface area contributed by atoms with Gasteiger partial charge in [0.15, 0.2) is 5.82 Å². The van der Waals surface area contributed by atoms with Gasteiger partial charge in [0.2, 0.25) is 11.9 Å². The van der Waals surface area contributed by atoms with E-state index in [1.165, 1.54) is 6.08 Å². The highest BCUT2D eigenvalue weighted by atomic mass is 35.5. The highest BCUT2D eigenvalue weighted by molar-refractivity contribution is 6.35. The Bertz CT molecular complexity index is 1840. The van der Waals surface area contributed by atoms with Crippen LogP contribution in [0.3, 0.4) is 0 Å². The molecule has 12 nitrogen and oxygen atoms in total. The number of nitrogens with one attached hydrogen (secondary N) is 1. The van der Waals surface area contributed by atoms with Crippen LogP contribution >= 0.6 is 11.6 Å². The molecule has 2 fully saturated rings. The first-order valence-corrected chi connectivity index (χ1v) is 14.7. The third-order valence-electron chi connectivity index (χ3n) is 8.79. The zero-order chi connectivity index (χ0) is 31.6. The molecule has 14 heteroatoms. The van der Waals surface area contributed by atoms with E-state index < -0.39 is 10.7 Å². The Hall–Kier alpha value is -4.36. The third kappa shape index (κ3) is 4.70. The van der Waals surface area contributed by atoms with Gasteiger partial charge in [0.25, 0.3) is 0 Å². The van der Waals surface area contributed by atoms with Crippen molar-refractivity contribution in [2.45, 2.75) is 38.9 Å². The average Bonchev–Trinajstić information content (AvgIpc) is 3.38. The minimum absolute atomic E-state index is 0.0139. The Kier molecular flexibility index (Phi) is 7.41. The van der Waals surface area contributed by atoms with Crippen LogP contribution in [0, 0.1) is 22.9 Å². The number of fused-ring (bicyclic) bond motifs is 2. The number of hydrogen-bond donors (Lipinski definition) is 1. The van der Waals surface area contributed by atoms with Gasteiger partial charge in [-0.3, -0.25) is 4.79 Å². The topological polar surface area (TPSA) is 128 Å². The van der Waals surface area contributed by atoms with Crippen molar-refractivity contribution >= 4 is 56.9 Å². The molecular weight excluding hydrogens is 589 g/mol. The number of H-pyrrole nitrogens is 1. The number of benzene rings is 2. The highest BCUT2D eigenvalue weighted by Gasteiger charge is 2.36. The number of nitrogens with zero attached hydrogens (tertiary/aromatic N) is 8. The number of carbonyl (C=O) groups excluding carboxylic acids is 1. The number of piperazine rings is 1. The van der Waals surface area contributed by atoms with E-state index in [0.29, 0.717) is 60.5 Å². The molecule has 6 rings (SSSR count). The first kappa shape index (κ1) is 29.7. The van der Waals surface area contributed by atoms with Gasteiger partial charge in [0, 0.05) is 60.8 Å². The Morgan fingerprint density at radius 2 is 1.91 bits per heavy atom. The summed E-state index contributed by atoms with van der Waals surface area (Å²) in [6.45, 7) is 11.6. The summed E-state index contributed by atoms with van der Waals surface area (Å²) < 4.78 is 17.0. The van der Waals surface area contributed by atoms with E-state index in [9.17, 15) is 14.9 Å². The molecular formula is C30H33ClFN9O3. The van der Waals surface area contributed by atoms with Gasteiger partial charge < -0.3 is 29.7 Å². The maximum atomic E-state index is 17.0. The predicted octanol–water partition coefficient (Wildman–Crippen LogP) is 4.54. The first-order valence-electron chi connectivity index (χ1n) is 14.3. The molecule has 0 radical (unpaired) electrons. The Balaban J connectivity index is 1.57. The minimum Gasteiger partial charge on any atom is -0.358 e. The molecule has 2 atom stereocenters. The van der Waals surface area contributed by atoms with E-state index in [2.05, 4.69) is 26.6 Å². The third-order valence-corrected chi connectivity index (χ3v) is 9.08. The Morgan fingerprint density at radius 1 is 1.18 bits per heavy atom. The smallest absolute Gasteiger partial charge is 0.351 e. The second kappa shape index (κ2) is 11.0. The standard InChI is InChI=1S/C30H33ClFN9O3/c1-7-22(42)39-11-17(4)40(12-16(39)3)28-19-10-20(31)24(23-15(2)8-9-21-25(23)29(36-35-21)41(43)44)26(32)27(19)33-30(34-28)38-13-18(14-38)37(5)6/h7-10,16-18H,1,11-14H2,2-6H3,(H,35,36)/t16-,17+/m1/s1. The Labute approximate surface area is 258 Å². The van der Waals surface area contributed by atoms with Gasteiger partial charge in [0.1, 0.15) is 22.2 Å². The van der Waals surface area contributed by atoms with Crippen LogP contribution in [0.25, 0.3) is 32.9 Å². The summed E-state index contributed by atoms with van der Waals surface area (Å²) in [5.74, 6) is -0.298. The molecule has 44 heavy (non-hydrogen) atoms. The lowest BCUT2D eigenvalue weighted by Crippen LogP contribution is -2.59. The number of halogens is 2. The van der Waals surface area contributed by atoms with Crippen molar-refractivity contribution in [1.82, 2.24) is 30.0 Å². The summed E-state index contributed by atoms with van der Waals surface area (Å²) in [4.78, 5) is 41.5. The van der Waals surface area contributed by atoms with E-state index >= 15 is 4.39 Å². The van der Waals surface area contributed by atoms with E-state index in [0.717, 1.165) is 0 Å². The largest absolute Gasteiger partial charge is 0.358 e. The SMILES string of the molecule is C=CC(=O)N1C[C@H](C)N(c2nc(N3CC(N(C)C)C3)nc3c(F)c(-c4c(C)ccc5n[nH]c([N+](=O)[O-])c45)c(Cl)cc23)C[C@H]1C. The summed E-state index contributed by atoms with van der Waals surface area (Å²) >= 11 is 6.87. The van der Waals surface area contributed by atoms with Crippen LogP contribution in [0.2, 0.25) is 5.02 Å². The second-order valence-corrected chi connectivity index (χ2v) is 12.2. The zero-order valence-corrected chi connectivity index (χ0v) is 25.9. The molecule has 0 saturated carbocycles. The van der Waals surface area contributed by atoms with Crippen molar-refractivity contribution in [3.05, 3.63) is 57.4 Å². The quantitative estimate of drug-likeness (QED) is 0.187. The number of rotatable bonds is 6. The lowest BCUT2D eigenvalue weighted by Gasteiger charge is -2.45. The molecule has 1 amide bonds. The van der Waals surface area contributed by atoms with Crippen LogP contribution in [0.5, 0.6) is 0 Å². The normalized spacial score (nSPS) is 19.2. The number of aromatic amines is 1. The molecule has 2 aliphatic rings. The Morgan fingerprint density at radius 3 is 2.57 bits per heavy atom. The fourth-order valence-electron chi connectivity index (χ4n) is 6.20. The summed E-state index contributed by atoms with van der Waals surface area (Å²) in [5, 5.41) is 19.1. The van der Waals surface area contributed by atoms with Crippen LogP contribution in [-0.2, 0) is 4.79 Å². The first-order chi connectivity index (χ1) is 20.9. The molecule has 2 aliphatic heterocycles. The number of aryl methyl sites for hydroxylation is 1. The van der Waals surface area contributed by atoms with Gasteiger partial charge >= 0.3 is 5.82 Å². The van der Waals surface area contributed by atoms with Crippen LogP contribution in [0.4, 0.5) is 22.0 Å². The molecule has 0 spiro atoms. The fraction of sp³-hybridized carbons (Fsp3) is 0.400. The lowest BCUT2D eigenvalue weighted by molar-refractivity contribution is -0.387. The molecule has 230 valence electrons. The van der Waals surface area contributed by atoms with Gasteiger partial charge in [-0.1, -0.05) is 29.3 Å². The summed E-state index contributed by atoms with van der Waals surface area (Å²) in [6.07, 6.45) is 1.31. The molecule has 2 aromatic heterocycles. The number of hydrogen-bond acceptors (Lipinski definition) is 9. The van der Waals surface area contributed by atoms with Crippen LogP contribution in [0.1, 0.15) is 19.4 Å². The summed E-state index contributed by atoms with van der Waals surface area (Å²) in [5.41, 5.74) is 1.27. The van der Waals surface area contributed by atoms with Crippen molar-refractivity contribution in [3.8, 4) is 11.1 Å². The van der Waals surface area contributed by atoms with Crippen LogP contribution in [-0.4, -0.2) is 99.2 Å². The monoisotopic (exact) mass is 621 g/mol. The molecule has 4 heterocycles. The summed E-state index contributed by atoms with van der Waals surface area (Å²) in [6, 6.07) is 5.00. The molecule has 0 aliphatic carbocycles. The summed E-state index contributed by atoms with van der Waals surface area (Å²) in [7, 11) is 4.02. The zero-order valence-electron chi connectivity index (χ0n) is 25.1. The predicted molar refractivity (Wildman–Crippen MR) is 169 cm³/mol. The van der Waals surface area contributed by atoms with Crippen molar-refractivity contribution in [2.75, 3.05) is 50.1 Å². The van der Waals surface area contributed by atoms with E-state index in [1.807, 2.05) is 32.8 Å². The number of amides is 1. The van der Waals surface area contributed by atoms with Gasteiger partial charge in [-0.05, 0) is 63.6 Å². The fourth-order valence-corrected chi connectivity index (χ4v) is 6.49. The van der Waals surface area contributed by atoms with E-state index in [-0.39, 0.29) is 50.9 Å². The van der Waals surface area contributed by atoms with Crippen molar-refractivity contribution < 1.29 is 14.1 Å². The van der Waals surface area contributed by atoms with Gasteiger partial charge in [-0.25, -0.2) is 9.37 Å². The minimum atomic E-state index is -0.700. The second-order valence-electron chi connectivity index (χ2n) is 11.8. The van der Waals surface area contributed by atoms with E-state index in [1.54, 1.807) is 30.0 Å². The van der Waals surface area contributed by atoms with Crippen LogP contribution < -0.4 is 9.80 Å². The van der Waals surface area contributed by atoms with Gasteiger partial charge in [-0.15, -0.1) is 5.10 Å². The molecule has 2 saturated heterocycles. The van der Waals surface area contributed by atoms with Crippen molar-refractivity contribution in [3.63, 3.8) is 0 Å². The number of anilines is 2. The molecule has 4 aromatic rings. The molecule has 1 N–H and O–H groups in total. The highest BCUT2D eigenvalue weighted by Crippen LogP contribution is 2.44. The number of nitro groups is 1. The number of aromatic nitrogens is 4. The maximum Gasteiger partial charge on any atom is 0.351 e. The lowest BCUT2D eigenvalue weighted by atomic mass is 9.94. The maximum absolute atomic E-state index is 17.0. The van der Waals surface area contributed by atoms with Crippen LogP contribution in [0.15, 0.2) is 30.9 Å². The van der Waals surface area contributed by atoms with Crippen molar-refractivity contribution in [2.24, 2.45) is 0 Å². The number of likely N-dealkylation sites (N-methyl/N-ethyl adjacent to an activating group) is 1. The van der Waals surface area contributed by atoms with Gasteiger partial charge in [0.05, 0.1) is 5.02 Å². The number of carbonyl (C=O) groups is 1. The molecule has 2 aromatic carbocycles. The van der Waals surface area contributed by atoms with E-state index in [4.69, 9.17) is 21.6 Å². The van der Waals surface area contributed by atoms with Gasteiger partial charge in [-0.2, -0.15) is 4.98 Å². The average molecular weight is 622 g/mol.